The quantitative estimate of drug-likeness (QED) is 0.799. The summed E-state index contributed by atoms with van der Waals surface area (Å²) in [7, 11) is 0. The SMILES string of the molecule is CC(C)c1cc(Cc2ccc(N)c(C(C)C)c2)ccc1N. The molecular formula is C19H26N2. The lowest BCUT2D eigenvalue weighted by atomic mass is 9.93. The summed E-state index contributed by atoms with van der Waals surface area (Å²) in [4.78, 5) is 0. The van der Waals surface area contributed by atoms with Crippen LogP contribution in [0.4, 0.5) is 11.4 Å². The van der Waals surface area contributed by atoms with Gasteiger partial charge in [0.15, 0.2) is 0 Å². The van der Waals surface area contributed by atoms with Gasteiger partial charge in [-0.1, -0.05) is 52.0 Å². The molecule has 4 N–H and O–H groups in total. The topological polar surface area (TPSA) is 52.0 Å². The highest BCUT2D eigenvalue weighted by Gasteiger charge is 2.08. The first-order valence-corrected chi connectivity index (χ1v) is 7.65. The van der Waals surface area contributed by atoms with E-state index in [-0.39, 0.29) is 0 Å². The van der Waals surface area contributed by atoms with E-state index in [1.807, 2.05) is 12.1 Å². The lowest BCUT2D eigenvalue weighted by Crippen LogP contribution is -2.01. The van der Waals surface area contributed by atoms with Gasteiger partial charge in [0, 0.05) is 11.4 Å². The van der Waals surface area contributed by atoms with Crippen LogP contribution in [0.2, 0.25) is 0 Å². The van der Waals surface area contributed by atoms with Crippen LogP contribution < -0.4 is 11.5 Å². The van der Waals surface area contributed by atoms with Crippen molar-refractivity contribution >= 4 is 11.4 Å². The van der Waals surface area contributed by atoms with Crippen LogP contribution in [0.25, 0.3) is 0 Å². The summed E-state index contributed by atoms with van der Waals surface area (Å²) in [6, 6.07) is 12.7. The number of rotatable bonds is 4. The standard InChI is InChI=1S/C19H26N2/c1-12(2)16-10-14(5-7-18(16)20)9-15-6-8-19(21)17(11-15)13(3)4/h5-8,10-13H,9,20-21H2,1-4H3. The smallest absolute Gasteiger partial charge is 0.0349 e. The first kappa shape index (κ1) is 15.4. The first-order valence-electron chi connectivity index (χ1n) is 7.65. The third kappa shape index (κ3) is 3.57. The van der Waals surface area contributed by atoms with Crippen LogP contribution in [-0.4, -0.2) is 0 Å². The average molecular weight is 282 g/mol. The van der Waals surface area contributed by atoms with Crippen molar-refractivity contribution in [2.75, 3.05) is 11.5 Å². The molecule has 0 unspecified atom stereocenters. The summed E-state index contributed by atoms with van der Waals surface area (Å²) in [6.07, 6.45) is 0.917. The molecule has 0 aliphatic carbocycles. The Labute approximate surface area is 128 Å². The Morgan fingerprint density at radius 1 is 0.714 bits per heavy atom. The van der Waals surface area contributed by atoms with Crippen LogP contribution in [0.15, 0.2) is 36.4 Å². The normalized spacial score (nSPS) is 11.3. The molecule has 2 nitrogen and oxygen atoms in total. The number of benzene rings is 2. The summed E-state index contributed by atoms with van der Waals surface area (Å²) in [5.41, 5.74) is 18.9. The van der Waals surface area contributed by atoms with Crippen LogP contribution in [0.1, 0.15) is 61.8 Å². The van der Waals surface area contributed by atoms with Gasteiger partial charge in [-0.3, -0.25) is 0 Å². The molecule has 2 heteroatoms. The van der Waals surface area contributed by atoms with Crippen molar-refractivity contribution in [3.63, 3.8) is 0 Å². The summed E-state index contributed by atoms with van der Waals surface area (Å²) in [5.74, 6) is 0.894. The third-order valence-corrected chi connectivity index (χ3v) is 3.95. The minimum atomic E-state index is 0.447. The van der Waals surface area contributed by atoms with Crippen LogP contribution in [-0.2, 0) is 6.42 Å². The van der Waals surface area contributed by atoms with E-state index in [9.17, 15) is 0 Å². The average Bonchev–Trinajstić information content (AvgIpc) is 2.42. The maximum absolute atomic E-state index is 6.05. The Hall–Kier alpha value is -1.96. The Morgan fingerprint density at radius 3 is 1.43 bits per heavy atom. The highest BCUT2D eigenvalue weighted by molar-refractivity contribution is 5.53. The van der Waals surface area contributed by atoms with E-state index < -0.39 is 0 Å². The number of anilines is 2. The van der Waals surface area contributed by atoms with E-state index in [1.54, 1.807) is 0 Å². The lowest BCUT2D eigenvalue weighted by molar-refractivity contribution is 0.863. The van der Waals surface area contributed by atoms with Crippen molar-refractivity contribution in [3.8, 4) is 0 Å². The van der Waals surface area contributed by atoms with Crippen molar-refractivity contribution in [3.05, 3.63) is 58.7 Å². The molecular weight excluding hydrogens is 256 g/mol. The van der Waals surface area contributed by atoms with E-state index in [1.165, 1.54) is 22.3 Å². The molecule has 21 heavy (non-hydrogen) atoms. The monoisotopic (exact) mass is 282 g/mol. The van der Waals surface area contributed by atoms with E-state index in [0.29, 0.717) is 11.8 Å². The zero-order chi connectivity index (χ0) is 15.6. The van der Waals surface area contributed by atoms with Gasteiger partial charge in [-0.15, -0.1) is 0 Å². The van der Waals surface area contributed by atoms with Crippen molar-refractivity contribution in [2.45, 2.75) is 46.0 Å². The molecule has 0 spiro atoms. The number of nitrogen functional groups attached to an aromatic ring is 2. The zero-order valence-electron chi connectivity index (χ0n) is 13.5. The van der Waals surface area contributed by atoms with E-state index in [4.69, 9.17) is 11.5 Å². The highest BCUT2D eigenvalue weighted by Crippen LogP contribution is 2.26. The Bertz CT molecular complexity index is 572. The predicted octanol–water partition coefficient (Wildman–Crippen LogP) is 4.69. The van der Waals surface area contributed by atoms with Gasteiger partial charge in [0.25, 0.3) is 0 Å². The molecule has 0 aliphatic heterocycles. The molecule has 0 saturated carbocycles. The Morgan fingerprint density at radius 2 is 1.10 bits per heavy atom. The van der Waals surface area contributed by atoms with Gasteiger partial charge in [0.2, 0.25) is 0 Å². The van der Waals surface area contributed by atoms with Gasteiger partial charge in [-0.25, -0.2) is 0 Å². The van der Waals surface area contributed by atoms with Gasteiger partial charge >= 0.3 is 0 Å². The highest BCUT2D eigenvalue weighted by atomic mass is 14.6. The molecule has 0 fully saturated rings. The van der Waals surface area contributed by atoms with Gasteiger partial charge in [0.1, 0.15) is 0 Å². The van der Waals surface area contributed by atoms with Crippen molar-refractivity contribution in [1.82, 2.24) is 0 Å². The lowest BCUT2D eigenvalue weighted by Gasteiger charge is -2.14. The second-order valence-corrected chi connectivity index (χ2v) is 6.41. The second kappa shape index (κ2) is 6.21. The summed E-state index contributed by atoms with van der Waals surface area (Å²) in [6.45, 7) is 8.70. The Balaban J connectivity index is 2.30. The van der Waals surface area contributed by atoms with E-state index in [2.05, 4.69) is 52.0 Å². The molecule has 0 amide bonds. The minimum absolute atomic E-state index is 0.447. The maximum atomic E-state index is 6.05. The summed E-state index contributed by atoms with van der Waals surface area (Å²) >= 11 is 0. The van der Waals surface area contributed by atoms with Crippen molar-refractivity contribution in [1.29, 1.82) is 0 Å². The van der Waals surface area contributed by atoms with E-state index in [0.717, 1.165) is 17.8 Å². The van der Waals surface area contributed by atoms with Crippen LogP contribution in [0.3, 0.4) is 0 Å². The molecule has 2 aromatic rings. The molecule has 0 aliphatic rings. The second-order valence-electron chi connectivity index (χ2n) is 6.41. The molecule has 0 bridgehead atoms. The molecule has 0 aromatic heterocycles. The molecule has 0 atom stereocenters. The predicted molar refractivity (Wildman–Crippen MR) is 92.7 cm³/mol. The van der Waals surface area contributed by atoms with E-state index >= 15 is 0 Å². The van der Waals surface area contributed by atoms with Gasteiger partial charge in [-0.2, -0.15) is 0 Å². The van der Waals surface area contributed by atoms with Gasteiger partial charge in [0.05, 0.1) is 0 Å². The van der Waals surface area contributed by atoms with Crippen LogP contribution >= 0.6 is 0 Å². The van der Waals surface area contributed by atoms with Crippen LogP contribution in [0.5, 0.6) is 0 Å². The zero-order valence-corrected chi connectivity index (χ0v) is 13.5. The number of hydrogen-bond acceptors (Lipinski definition) is 2. The van der Waals surface area contributed by atoms with Gasteiger partial charge < -0.3 is 11.5 Å². The fourth-order valence-corrected chi connectivity index (χ4v) is 2.70. The van der Waals surface area contributed by atoms with Crippen molar-refractivity contribution < 1.29 is 0 Å². The molecule has 112 valence electrons. The third-order valence-electron chi connectivity index (χ3n) is 3.95. The van der Waals surface area contributed by atoms with Crippen molar-refractivity contribution in [2.24, 2.45) is 0 Å². The van der Waals surface area contributed by atoms with Crippen LogP contribution in [0, 0.1) is 0 Å². The minimum Gasteiger partial charge on any atom is -0.398 e. The fraction of sp³-hybridized carbons (Fsp3) is 0.368. The van der Waals surface area contributed by atoms with Gasteiger partial charge in [-0.05, 0) is 52.6 Å². The Kier molecular flexibility index (Phi) is 4.56. The molecule has 0 saturated heterocycles. The molecule has 2 aromatic carbocycles. The first-order chi connectivity index (χ1) is 9.88. The molecule has 0 radical (unpaired) electrons. The molecule has 0 heterocycles. The summed E-state index contributed by atoms with van der Waals surface area (Å²) < 4.78 is 0. The molecule has 2 rings (SSSR count). The largest absolute Gasteiger partial charge is 0.398 e. The number of nitrogens with two attached hydrogens (primary N) is 2. The maximum Gasteiger partial charge on any atom is 0.0349 e. The number of hydrogen-bond donors (Lipinski definition) is 2. The fourth-order valence-electron chi connectivity index (χ4n) is 2.70. The summed E-state index contributed by atoms with van der Waals surface area (Å²) in [5, 5.41) is 0.